The maximum atomic E-state index is 10.3. The van der Waals surface area contributed by atoms with E-state index in [9.17, 15) is 5.11 Å². The van der Waals surface area contributed by atoms with E-state index in [4.69, 9.17) is 0 Å². The molecule has 0 aliphatic carbocycles. The van der Waals surface area contributed by atoms with Gasteiger partial charge in [0.05, 0.1) is 0 Å². The second-order valence-electron chi connectivity index (χ2n) is 3.48. The van der Waals surface area contributed by atoms with Gasteiger partial charge in [0.25, 0.3) is 0 Å². The Labute approximate surface area is 117 Å². The van der Waals surface area contributed by atoms with Crippen molar-refractivity contribution in [3.63, 3.8) is 0 Å². The fourth-order valence-electron chi connectivity index (χ4n) is 1.54. The van der Waals surface area contributed by atoms with Crippen LogP contribution in [0.15, 0.2) is 53.0 Å². The van der Waals surface area contributed by atoms with Gasteiger partial charge in [-0.05, 0) is 46.4 Å². The topological polar surface area (TPSA) is 20.2 Å². The van der Waals surface area contributed by atoms with Gasteiger partial charge >= 0.3 is 0 Å². The molecule has 1 nitrogen and oxygen atoms in total. The van der Waals surface area contributed by atoms with Gasteiger partial charge in [-0.3, -0.25) is 0 Å². The highest BCUT2D eigenvalue weighted by atomic mass is 127. The molecule has 0 spiro atoms. The van der Waals surface area contributed by atoms with Crippen molar-refractivity contribution in [1.82, 2.24) is 0 Å². The summed E-state index contributed by atoms with van der Waals surface area (Å²) in [6.07, 6.45) is -0.578. The van der Waals surface area contributed by atoms with Crippen LogP contribution in [-0.4, -0.2) is 5.11 Å². The summed E-state index contributed by atoms with van der Waals surface area (Å²) in [5, 5.41) is 10.3. The first-order chi connectivity index (χ1) is 7.68. The van der Waals surface area contributed by atoms with Gasteiger partial charge in [0.15, 0.2) is 0 Å². The number of aliphatic hydroxyl groups is 1. The second kappa shape index (κ2) is 5.29. The van der Waals surface area contributed by atoms with E-state index >= 15 is 0 Å². The first kappa shape index (κ1) is 12.1. The van der Waals surface area contributed by atoms with Crippen molar-refractivity contribution in [3.05, 3.63) is 67.7 Å². The highest BCUT2D eigenvalue weighted by molar-refractivity contribution is 14.1. The van der Waals surface area contributed by atoms with Crippen molar-refractivity contribution in [2.75, 3.05) is 0 Å². The molecule has 0 fully saturated rings. The molecule has 1 unspecified atom stereocenters. The quantitative estimate of drug-likeness (QED) is 0.766. The Bertz CT molecular complexity index is 485. The molecule has 0 aromatic heterocycles. The lowest BCUT2D eigenvalue weighted by Gasteiger charge is -2.13. The number of halogens is 2. The van der Waals surface area contributed by atoms with Crippen LogP contribution in [0.1, 0.15) is 17.2 Å². The lowest BCUT2D eigenvalue weighted by molar-refractivity contribution is 0.219. The van der Waals surface area contributed by atoms with Crippen molar-refractivity contribution in [1.29, 1.82) is 0 Å². The Kier molecular flexibility index (Phi) is 4.00. The van der Waals surface area contributed by atoms with E-state index in [-0.39, 0.29) is 0 Å². The average molecular weight is 389 g/mol. The molecule has 0 saturated heterocycles. The number of benzene rings is 2. The Hall–Kier alpha value is -0.390. The first-order valence-electron chi connectivity index (χ1n) is 4.86. The summed E-state index contributed by atoms with van der Waals surface area (Å²) < 4.78 is 2.05. The fourth-order valence-corrected chi connectivity index (χ4v) is 2.52. The van der Waals surface area contributed by atoms with E-state index < -0.39 is 6.10 Å². The zero-order valence-electron chi connectivity index (χ0n) is 8.40. The third-order valence-electron chi connectivity index (χ3n) is 2.37. The highest BCUT2D eigenvalue weighted by Crippen LogP contribution is 2.29. The SMILES string of the molecule is OC(c1ccccc1)c1cc(I)ccc1Br. The zero-order chi connectivity index (χ0) is 11.5. The smallest absolute Gasteiger partial charge is 0.105 e. The molecule has 0 aliphatic heterocycles. The monoisotopic (exact) mass is 388 g/mol. The molecule has 0 radical (unpaired) electrons. The van der Waals surface area contributed by atoms with E-state index in [1.807, 2.05) is 48.5 Å². The number of hydrogen-bond acceptors (Lipinski definition) is 1. The number of rotatable bonds is 2. The van der Waals surface area contributed by atoms with E-state index in [1.54, 1.807) is 0 Å². The van der Waals surface area contributed by atoms with Gasteiger partial charge in [-0.1, -0.05) is 46.3 Å². The van der Waals surface area contributed by atoms with Crippen LogP contribution in [0.5, 0.6) is 0 Å². The van der Waals surface area contributed by atoms with Crippen LogP contribution in [0.25, 0.3) is 0 Å². The largest absolute Gasteiger partial charge is 0.384 e. The molecule has 0 saturated carbocycles. The molecular formula is C13H10BrIO. The summed E-state index contributed by atoms with van der Waals surface area (Å²) >= 11 is 5.71. The van der Waals surface area contributed by atoms with Crippen LogP contribution in [0.3, 0.4) is 0 Å². The summed E-state index contributed by atoms with van der Waals surface area (Å²) in [7, 11) is 0. The lowest BCUT2D eigenvalue weighted by atomic mass is 10.0. The Morgan fingerprint density at radius 3 is 2.44 bits per heavy atom. The van der Waals surface area contributed by atoms with E-state index in [2.05, 4.69) is 38.5 Å². The molecule has 0 amide bonds. The Morgan fingerprint density at radius 2 is 1.75 bits per heavy atom. The van der Waals surface area contributed by atoms with Crippen LogP contribution < -0.4 is 0 Å². The molecule has 0 bridgehead atoms. The molecular weight excluding hydrogens is 379 g/mol. The minimum Gasteiger partial charge on any atom is -0.384 e. The minimum absolute atomic E-state index is 0.578. The third-order valence-corrected chi connectivity index (χ3v) is 3.76. The molecule has 0 heterocycles. The van der Waals surface area contributed by atoms with E-state index in [0.717, 1.165) is 19.2 Å². The summed E-state index contributed by atoms with van der Waals surface area (Å²) in [5.74, 6) is 0. The van der Waals surface area contributed by atoms with Gasteiger partial charge in [-0.25, -0.2) is 0 Å². The van der Waals surface area contributed by atoms with Crippen LogP contribution in [-0.2, 0) is 0 Å². The first-order valence-corrected chi connectivity index (χ1v) is 6.73. The predicted molar refractivity (Wildman–Crippen MR) is 77.4 cm³/mol. The minimum atomic E-state index is -0.578. The molecule has 2 rings (SSSR count). The zero-order valence-corrected chi connectivity index (χ0v) is 12.1. The summed E-state index contributed by atoms with van der Waals surface area (Å²) in [6.45, 7) is 0. The molecule has 1 N–H and O–H groups in total. The van der Waals surface area contributed by atoms with Crippen LogP contribution in [0.4, 0.5) is 0 Å². The number of hydrogen-bond donors (Lipinski definition) is 1. The molecule has 1 atom stereocenters. The van der Waals surface area contributed by atoms with Crippen LogP contribution >= 0.6 is 38.5 Å². The maximum absolute atomic E-state index is 10.3. The maximum Gasteiger partial charge on any atom is 0.105 e. The Morgan fingerprint density at radius 1 is 1.06 bits per heavy atom. The average Bonchev–Trinajstić information content (AvgIpc) is 2.32. The summed E-state index contributed by atoms with van der Waals surface area (Å²) in [4.78, 5) is 0. The van der Waals surface area contributed by atoms with Crippen LogP contribution in [0.2, 0.25) is 0 Å². The standard InChI is InChI=1S/C13H10BrIO/c14-12-7-6-10(15)8-11(12)13(16)9-4-2-1-3-5-9/h1-8,13,16H. The second-order valence-corrected chi connectivity index (χ2v) is 5.58. The summed E-state index contributed by atoms with van der Waals surface area (Å²) in [6, 6.07) is 15.6. The van der Waals surface area contributed by atoms with Crippen molar-refractivity contribution < 1.29 is 5.11 Å². The van der Waals surface area contributed by atoms with Gasteiger partial charge in [0.1, 0.15) is 6.10 Å². The number of aliphatic hydroxyl groups excluding tert-OH is 1. The van der Waals surface area contributed by atoms with Crippen molar-refractivity contribution in [2.24, 2.45) is 0 Å². The lowest BCUT2D eigenvalue weighted by Crippen LogP contribution is -2.00. The van der Waals surface area contributed by atoms with Crippen molar-refractivity contribution in [2.45, 2.75) is 6.10 Å². The highest BCUT2D eigenvalue weighted by Gasteiger charge is 2.13. The molecule has 2 aromatic rings. The van der Waals surface area contributed by atoms with Gasteiger partial charge < -0.3 is 5.11 Å². The van der Waals surface area contributed by atoms with Crippen LogP contribution in [0, 0.1) is 3.57 Å². The molecule has 2 aromatic carbocycles. The van der Waals surface area contributed by atoms with Gasteiger partial charge in [0, 0.05) is 13.6 Å². The fraction of sp³-hybridized carbons (Fsp3) is 0.0769. The van der Waals surface area contributed by atoms with Crippen molar-refractivity contribution >= 4 is 38.5 Å². The summed E-state index contributed by atoms with van der Waals surface area (Å²) in [5.41, 5.74) is 1.81. The predicted octanol–water partition coefficient (Wildman–Crippen LogP) is 4.14. The molecule has 16 heavy (non-hydrogen) atoms. The van der Waals surface area contributed by atoms with E-state index in [1.165, 1.54) is 0 Å². The van der Waals surface area contributed by atoms with Gasteiger partial charge in [-0.15, -0.1) is 0 Å². The van der Waals surface area contributed by atoms with E-state index in [0.29, 0.717) is 0 Å². The molecule has 0 aliphatic rings. The molecule has 82 valence electrons. The Balaban J connectivity index is 2.41. The van der Waals surface area contributed by atoms with Gasteiger partial charge in [0.2, 0.25) is 0 Å². The molecule has 3 heteroatoms. The van der Waals surface area contributed by atoms with Gasteiger partial charge in [-0.2, -0.15) is 0 Å². The van der Waals surface area contributed by atoms with Crippen molar-refractivity contribution in [3.8, 4) is 0 Å². The normalized spacial score (nSPS) is 12.4. The third kappa shape index (κ3) is 2.64.